The zero-order valence-electron chi connectivity index (χ0n) is 26.8. The van der Waals surface area contributed by atoms with Gasteiger partial charge in [-0.3, -0.25) is 14.6 Å². The Hall–Kier alpha value is -2.05. The summed E-state index contributed by atoms with van der Waals surface area (Å²) in [5.74, 6) is 0.392. The van der Waals surface area contributed by atoms with Gasteiger partial charge in [0, 0.05) is 25.2 Å². The highest BCUT2D eigenvalue weighted by atomic mass is 16.1. The first-order valence-corrected chi connectivity index (χ1v) is 17.0. The van der Waals surface area contributed by atoms with Gasteiger partial charge in [-0.2, -0.15) is 0 Å². The Bertz CT molecular complexity index is 1140. The van der Waals surface area contributed by atoms with Crippen LogP contribution < -0.4 is 0 Å². The van der Waals surface area contributed by atoms with Crippen molar-refractivity contribution in [1.82, 2.24) is 19.6 Å². The zero-order valence-corrected chi connectivity index (χ0v) is 26.8. The molecule has 0 radical (unpaired) electrons. The minimum Gasteiger partial charge on any atom is -0.302 e. The topological polar surface area (TPSA) is 30.0 Å². The summed E-state index contributed by atoms with van der Waals surface area (Å²) in [6.07, 6.45) is 10.0. The first kappa shape index (κ1) is 30.0. The van der Waals surface area contributed by atoms with Gasteiger partial charge in [-0.05, 0) is 152 Å². The van der Waals surface area contributed by atoms with E-state index in [0.717, 1.165) is 26.2 Å². The third-order valence-electron chi connectivity index (χ3n) is 11.1. The SMILES string of the molecule is Cc1ccc([C@@H](C(=O)[C@H](c2ccc(C)c(C)c2)N2CCCC2CN2CCCC2)N2CCCC2CN2CCCC2)cc1C. The molecule has 0 aromatic heterocycles. The molecule has 4 heterocycles. The summed E-state index contributed by atoms with van der Waals surface area (Å²) in [6, 6.07) is 14.1. The van der Waals surface area contributed by atoms with Crippen molar-refractivity contribution >= 4 is 5.78 Å². The van der Waals surface area contributed by atoms with E-state index in [4.69, 9.17) is 0 Å². The Labute approximate surface area is 255 Å². The van der Waals surface area contributed by atoms with Gasteiger partial charge in [-0.15, -0.1) is 0 Å². The van der Waals surface area contributed by atoms with Gasteiger partial charge in [0.2, 0.25) is 0 Å². The summed E-state index contributed by atoms with van der Waals surface area (Å²) in [5, 5.41) is 0. The van der Waals surface area contributed by atoms with Crippen LogP contribution in [0.1, 0.15) is 96.8 Å². The van der Waals surface area contributed by atoms with Crippen molar-refractivity contribution in [3.8, 4) is 0 Å². The molecule has 0 saturated carbocycles. The molecule has 228 valence electrons. The van der Waals surface area contributed by atoms with Gasteiger partial charge < -0.3 is 9.80 Å². The van der Waals surface area contributed by atoms with Crippen LogP contribution in [-0.4, -0.2) is 89.8 Å². The second-order valence-electron chi connectivity index (χ2n) is 14.0. The number of Topliss-reactive ketones (excluding diaryl/α,β-unsaturated/α-hetero) is 1. The third kappa shape index (κ3) is 6.40. The van der Waals surface area contributed by atoms with Crippen LogP contribution in [0.25, 0.3) is 0 Å². The molecule has 0 aliphatic carbocycles. The lowest BCUT2D eigenvalue weighted by molar-refractivity contribution is -0.131. The monoisotopic (exact) mass is 570 g/mol. The molecule has 6 rings (SSSR count). The number of aryl methyl sites for hydroxylation is 4. The normalized spacial score (nSPS) is 25.9. The van der Waals surface area contributed by atoms with Gasteiger partial charge in [0.1, 0.15) is 0 Å². The largest absolute Gasteiger partial charge is 0.302 e. The Morgan fingerprint density at radius 3 is 1.38 bits per heavy atom. The van der Waals surface area contributed by atoms with Crippen molar-refractivity contribution in [3.63, 3.8) is 0 Å². The van der Waals surface area contributed by atoms with Crippen molar-refractivity contribution in [1.29, 1.82) is 0 Å². The smallest absolute Gasteiger partial charge is 0.176 e. The van der Waals surface area contributed by atoms with Crippen molar-refractivity contribution in [2.24, 2.45) is 0 Å². The Morgan fingerprint density at radius 1 is 0.595 bits per heavy atom. The molecule has 0 N–H and O–H groups in total. The van der Waals surface area contributed by atoms with Gasteiger partial charge in [0.25, 0.3) is 0 Å². The van der Waals surface area contributed by atoms with Crippen LogP contribution in [0.2, 0.25) is 0 Å². The van der Waals surface area contributed by atoms with Gasteiger partial charge in [0.15, 0.2) is 5.78 Å². The molecule has 2 unspecified atom stereocenters. The molecule has 4 aliphatic heterocycles. The van der Waals surface area contributed by atoms with Gasteiger partial charge in [-0.1, -0.05) is 36.4 Å². The minimum absolute atomic E-state index is 0.209. The summed E-state index contributed by atoms with van der Waals surface area (Å²) in [6.45, 7) is 17.9. The first-order valence-electron chi connectivity index (χ1n) is 17.0. The second kappa shape index (κ2) is 13.3. The van der Waals surface area contributed by atoms with E-state index in [9.17, 15) is 0 Å². The number of benzene rings is 2. The lowest BCUT2D eigenvalue weighted by Gasteiger charge is -2.40. The van der Waals surface area contributed by atoms with Crippen LogP contribution in [0.15, 0.2) is 36.4 Å². The standard InChI is InChI=1S/C37H54N4O/c1-27-13-15-31(23-29(27)3)35(40-21-9-11-33(40)25-38-17-5-6-18-38)37(42)36(32-16-14-28(2)30(4)24-32)41-22-10-12-34(41)26-39-19-7-8-20-39/h13-16,23-24,33-36H,5-12,17-22,25-26H2,1-4H3/t33?,34?,35-,36-/m0/s1. The molecule has 0 bridgehead atoms. The fraction of sp³-hybridized carbons (Fsp3) is 0.649. The summed E-state index contributed by atoms with van der Waals surface area (Å²) in [4.78, 5) is 26.0. The molecule has 2 aromatic carbocycles. The van der Waals surface area contributed by atoms with E-state index >= 15 is 4.79 Å². The van der Waals surface area contributed by atoms with E-state index in [2.05, 4.69) is 83.7 Å². The number of nitrogens with zero attached hydrogens (tertiary/aromatic N) is 4. The van der Waals surface area contributed by atoms with E-state index in [1.807, 2.05) is 0 Å². The summed E-state index contributed by atoms with van der Waals surface area (Å²) in [7, 11) is 0. The maximum absolute atomic E-state index is 15.5. The van der Waals surface area contributed by atoms with Gasteiger partial charge >= 0.3 is 0 Å². The fourth-order valence-electron chi connectivity index (χ4n) is 8.37. The Morgan fingerprint density at radius 2 is 1.00 bits per heavy atom. The number of rotatable bonds is 10. The minimum atomic E-state index is -0.209. The molecule has 2 aromatic rings. The zero-order chi connectivity index (χ0) is 29.2. The Balaban J connectivity index is 1.39. The molecule has 4 saturated heterocycles. The average molecular weight is 571 g/mol. The van der Waals surface area contributed by atoms with Crippen LogP contribution in [-0.2, 0) is 4.79 Å². The van der Waals surface area contributed by atoms with Crippen molar-refractivity contribution in [2.75, 3.05) is 52.4 Å². The van der Waals surface area contributed by atoms with Crippen LogP contribution in [0.3, 0.4) is 0 Å². The molecular formula is C37H54N4O. The van der Waals surface area contributed by atoms with Crippen LogP contribution >= 0.6 is 0 Å². The fourth-order valence-corrected chi connectivity index (χ4v) is 8.37. The number of carbonyl (C=O) groups excluding carboxylic acids is 1. The highest BCUT2D eigenvalue weighted by molar-refractivity contribution is 5.91. The van der Waals surface area contributed by atoms with Crippen LogP contribution in [0.4, 0.5) is 0 Å². The van der Waals surface area contributed by atoms with Gasteiger partial charge in [-0.25, -0.2) is 0 Å². The predicted molar refractivity (Wildman–Crippen MR) is 173 cm³/mol. The molecule has 5 nitrogen and oxygen atoms in total. The summed E-state index contributed by atoms with van der Waals surface area (Å²) in [5.41, 5.74) is 7.57. The highest BCUT2D eigenvalue weighted by Crippen LogP contribution is 2.40. The van der Waals surface area contributed by atoms with E-state index in [1.54, 1.807) is 0 Å². The van der Waals surface area contributed by atoms with E-state index < -0.39 is 0 Å². The average Bonchev–Trinajstić information content (AvgIpc) is 3.80. The number of likely N-dealkylation sites (tertiary alicyclic amines) is 4. The molecular weight excluding hydrogens is 516 g/mol. The molecule has 4 aliphatic rings. The van der Waals surface area contributed by atoms with Crippen molar-refractivity contribution < 1.29 is 4.79 Å². The third-order valence-corrected chi connectivity index (χ3v) is 11.1. The van der Waals surface area contributed by atoms with E-state index in [0.29, 0.717) is 17.9 Å². The van der Waals surface area contributed by atoms with Gasteiger partial charge in [0.05, 0.1) is 12.1 Å². The maximum atomic E-state index is 15.5. The number of carbonyl (C=O) groups is 1. The van der Waals surface area contributed by atoms with Crippen molar-refractivity contribution in [2.45, 2.75) is 103 Å². The molecule has 4 atom stereocenters. The molecule has 4 fully saturated rings. The lowest BCUT2D eigenvalue weighted by atomic mass is 9.88. The Kier molecular flexibility index (Phi) is 9.50. The molecule has 0 amide bonds. The molecule has 0 spiro atoms. The van der Waals surface area contributed by atoms with Crippen LogP contribution in [0, 0.1) is 27.7 Å². The molecule has 5 heteroatoms. The quantitative estimate of drug-likeness (QED) is 0.330. The van der Waals surface area contributed by atoms with Crippen molar-refractivity contribution in [3.05, 3.63) is 69.8 Å². The molecule has 42 heavy (non-hydrogen) atoms. The summed E-state index contributed by atoms with van der Waals surface area (Å²) < 4.78 is 0. The number of ketones is 1. The van der Waals surface area contributed by atoms with Crippen LogP contribution in [0.5, 0.6) is 0 Å². The van der Waals surface area contributed by atoms with E-state index in [1.165, 1.54) is 111 Å². The predicted octanol–water partition coefficient (Wildman–Crippen LogP) is 6.39. The van der Waals surface area contributed by atoms with E-state index in [-0.39, 0.29) is 12.1 Å². The highest BCUT2D eigenvalue weighted by Gasteiger charge is 2.44. The maximum Gasteiger partial charge on any atom is 0.176 e. The second-order valence-corrected chi connectivity index (χ2v) is 14.0. The number of hydrogen-bond acceptors (Lipinski definition) is 5. The number of hydrogen-bond donors (Lipinski definition) is 0. The first-order chi connectivity index (χ1) is 20.4. The summed E-state index contributed by atoms with van der Waals surface area (Å²) >= 11 is 0. The lowest BCUT2D eigenvalue weighted by Crippen LogP contribution is -2.49.